The minimum Gasteiger partial charge on any atom is -0.378 e. The Bertz CT molecular complexity index is 1040. The number of rotatable bonds is 4. The van der Waals surface area contributed by atoms with Gasteiger partial charge in [0.25, 0.3) is 5.91 Å². The average Bonchev–Trinajstić information content (AvgIpc) is 3.12. The van der Waals surface area contributed by atoms with Gasteiger partial charge in [0.15, 0.2) is 0 Å². The van der Waals surface area contributed by atoms with Gasteiger partial charge in [-0.3, -0.25) is 14.5 Å². The fourth-order valence-electron chi connectivity index (χ4n) is 3.65. The topological polar surface area (TPSA) is 73.6 Å². The molecule has 158 valence electrons. The van der Waals surface area contributed by atoms with Crippen LogP contribution < -0.4 is 4.90 Å². The molecule has 0 spiro atoms. The van der Waals surface area contributed by atoms with E-state index in [4.69, 9.17) is 4.74 Å². The molecule has 1 atom stereocenters. The normalized spacial score (nSPS) is 20.5. The minimum absolute atomic E-state index is 0.00973. The number of hydrogen-bond donors (Lipinski definition) is 0. The number of anilines is 1. The Morgan fingerprint density at radius 3 is 2.45 bits per heavy atom. The van der Waals surface area contributed by atoms with Crippen LogP contribution in [0.3, 0.4) is 0 Å². The summed E-state index contributed by atoms with van der Waals surface area (Å²) in [6, 6.07) is 19.4. The van der Waals surface area contributed by atoms with Crippen molar-refractivity contribution in [3.05, 3.63) is 76.3 Å². The SMILES string of the molecule is Cc1ccc(C[C@@H]2S/C(=C(/C#N)C(=O)N3CCOCC3)N(c3ccccc3)C2=O)cc1. The van der Waals surface area contributed by atoms with Gasteiger partial charge in [-0.05, 0) is 31.0 Å². The third-order valence-corrected chi connectivity index (χ3v) is 6.61. The van der Waals surface area contributed by atoms with E-state index >= 15 is 0 Å². The highest BCUT2D eigenvalue weighted by Crippen LogP contribution is 2.42. The number of carbonyl (C=O) groups is 2. The molecule has 0 unspecified atom stereocenters. The predicted octanol–water partition coefficient (Wildman–Crippen LogP) is 3.28. The van der Waals surface area contributed by atoms with Crippen molar-refractivity contribution < 1.29 is 14.3 Å². The van der Waals surface area contributed by atoms with Gasteiger partial charge in [0, 0.05) is 18.8 Å². The van der Waals surface area contributed by atoms with Crippen LogP contribution in [0.25, 0.3) is 0 Å². The van der Waals surface area contributed by atoms with Crippen LogP contribution >= 0.6 is 11.8 Å². The molecular weight excluding hydrogens is 410 g/mol. The van der Waals surface area contributed by atoms with Gasteiger partial charge < -0.3 is 9.64 Å². The lowest BCUT2D eigenvalue weighted by atomic mass is 10.1. The van der Waals surface area contributed by atoms with E-state index in [2.05, 4.69) is 6.07 Å². The van der Waals surface area contributed by atoms with E-state index in [0.717, 1.165) is 11.1 Å². The van der Waals surface area contributed by atoms with Crippen LogP contribution in [0.1, 0.15) is 11.1 Å². The molecule has 0 aromatic heterocycles. The molecule has 2 amide bonds. The molecule has 0 bridgehead atoms. The number of carbonyl (C=O) groups excluding carboxylic acids is 2. The van der Waals surface area contributed by atoms with Crippen molar-refractivity contribution in [2.45, 2.75) is 18.6 Å². The van der Waals surface area contributed by atoms with Crippen LogP contribution in [-0.2, 0) is 20.7 Å². The Kier molecular flexibility index (Phi) is 6.40. The Morgan fingerprint density at radius 1 is 1.13 bits per heavy atom. The Labute approximate surface area is 186 Å². The third-order valence-electron chi connectivity index (χ3n) is 5.35. The van der Waals surface area contributed by atoms with E-state index < -0.39 is 5.25 Å². The number of benzene rings is 2. The zero-order chi connectivity index (χ0) is 21.8. The summed E-state index contributed by atoms with van der Waals surface area (Å²) in [5, 5.41) is 9.91. The summed E-state index contributed by atoms with van der Waals surface area (Å²) in [5.41, 5.74) is 2.87. The quantitative estimate of drug-likeness (QED) is 0.547. The van der Waals surface area contributed by atoms with Crippen LogP contribution in [0.5, 0.6) is 0 Å². The molecule has 0 radical (unpaired) electrons. The van der Waals surface area contributed by atoms with Gasteiger partial charge in [0.2, 0.25) is 5.91 Å². The van der Waals surface area contributed by atoms with Crippen molar-refractivity contribution in [3.63, 3.8) is 0 Å². The number of para-hydroxylation sites is 1. The van der Waals surface area contributed by atoms with Crippen molar-refractivity contribution in [3.8, 4) is 6.07 Å². The molecule has 2 aromatic rings. The molecule has 6 nitrogen and oxygen atoms in total. The number of amides is 2. The number of thioether (sulfide) groups is 1. The maximum atomic E-state index is 13.4. The van der Waals surface area contributed by atoms with E-state index in [1.807, 2.05) is 61.5 Å². The first-order valence-electron chi connectivity index (χ1n) is 10.2. The van der Waals surface area contributed by atoms with Gasteiger partial charge in [0.05, 0.1) is 18.5 Å². The number of morpholine rings is 1. The molecular formula is C24H23N3O3S. The second kappa shape index (κ2) is 9.38. The number of nitriles is 1. The first kappa shape index (κ1) is 21.2. The molecule has 0 N–H and O–H groups in total. The fourth-order valence-corrected chi connectivity index (χ4v) is 4.96. The second-order valence-corrected chi connectivity index (χ2v) is 8.69. The maximum Gasteiger partial charge on any atom is 0.267 e. The van der Waals surface area contributed by atoms with Gasteiger partial charge in [-0.2, -0.15) is 5.26 Å². The standard InChI is InChI=1S/C24H23N3O3S/c1-17-7-9-18(10-8-17)15-21-23(29)27(19-5-3-2-4-6-19)24(31-21)20(16-25)22(28)26-11-13-30-14-12-26/h2-10,21H,11-15H2,1H3/b24-20-/t21-/m0/s1. The molecule has 2 aliphatic rings. The summed E-state index contributed by atoms with van der Waals surface area (Å²) in [5.74, 6) is -0.465. The van der Waals surface area contributed by atoms with Crippen LogP contribution in [0.2, 0.25) is 0 Å². The Hall–Kier alpha value is -3.08. The second-order valence-electron chi connectivity index (χ2n) is 7.50. The van der Waals surface area contributed by atoms with Gasteiger partial charge in [-0.1, -0.05) is 59.8 Å². The lowest BCUT2D eigenvalue weighted by Gasteiger charge is -2.27. The summed E-state index contributed by atoms with van der Waals surface area (Å²) in [7, 11) is 0. The minimum atomic E-state index is -0.404. The highest BCUT2D eigenvalue weighted by molar-refractivity contribution is 8.05. The van der Waals surface area contributed by atoms with E-state index in [0.29, 0.717) is 43.4 Å². The van der Waals surface area contributed by atoms with E-state index in [1.54, 1.807) is 4.90 Å². The molecule has 0 aliphatic carbocycles. The lowest BCUT2D eigenvalue weighted by Crippen LogP contribution is -2.42. The smallest absolute Gasteiger partial charge is 0.267 e. The fraction of sp³-hybridized carbons (Fsp3) is 0.292. The summed E-state index contributed by atoms with van der Waals surface area (Å²) >= 11 is 1.30. The van der Waals surface area contributed by atoms with Gasteiger partial charge in [0.1, 0.15) is 16.7 Å². The predicted molar refractivity (Wildman–Crippen MR) is 120 cm³/mol. The summed E-state index contributed by atoms with van der Waals surface area (Å²) in [6.45, 7) is 3.80. The lowest BCUT2D eigenvalue weighted by molar-refractivity contribution is -0.130. The maximum absolute atomic E-state index is 13.4. The van der Waals surface area contributed by atoms with Crippen molar-refractivity contribution >= 4 is 29.3 Å². The number of nitrogens with zero attached hydrogens (tertiary/aromatic N) is 3. The number of aryl methyl sites for hydroxylation is 1. The number of hydrogen-bond acceptors (Lipinski definition) is 5. The van der Waals surface area contributed by atoms with Crippen molar-refractivity contribution in [2.75, 3.05) is 31.2 Å². The van der Waals surface area contributed by atoms with Gasteiger partial charge in [-0.15, -0.1) is 0 Å². The van der Waals surface area contributed by atoms with Crippen molar-refractivity contribution in [2.24, 2.45) is 0 Å². The Balaban J connectivity index is 1.71. The summed E-state index contributed by atoms with van der Waals surface area (Å²) in [4.78, 5) is 29.7. The van der Waals surface area contributed by atoms with Crippen molar-refractivity contribution in [1.29, 1.82) is 5.26 Å². The summed E-state index contributed by atoms with van der Waals surface area (Å²) < 4.78 is 5.33. The number of ether oxygens (including phenoxy) is 1. The first-order chi connectivity index (χ1) is 15.1. The molecule has 2 aromatic carbocycles. The highest BCUT2D eigenvalue weighted by atomic mass is 32.2. The van der Waals surface area contributed by atoms with Gasteiger partial charge >= 0.3 is 0 Å². The first-order valence-corrected chi connectivity index (χ1v) is 11.1. The third kappa shape index (κ3) is 4.50. The van der Waals surface area contributed by atoms with Crippen LogP contribution in [0, 0.1) is 18.3 Å². The molecule has 2 saturated heterocycles. The highest BCUT2D eigenvalue weighted by Gasteiger charge is 2.41. The Morgan fingerprint density at radius 2 is 1.81 bits per heavy atom. The van der Waals surface area contributed by atoms with Crippen LogP contribution in [0.4, 0.5) is 5.69 Å². The molecule has 2 heterocycles. The van der Waals surface area contributed by atoms with E-state index in [1.165, 1.54) is 16.7 Å². The average molecular weight is 434 g/mol. The molecule has 7 heteroatoms. The zero-order valence-electron chi connectivity index (χ0n) is 17.3. The largest absolute Gasteiger partial charge is 0.378 e. The molecule has 2 fully saturated rings. The van der Waals surface area contributed by atoms with E-state index in [9.17, 15) is 14.9 Å². The van der Waals surface area contributed by atoms with E-state index in [-0.39, 0.29) is 17.4 Å². The monoisotopic (exact) mass is 433 g/mol. The molecule has 4 rings (SSSR count). The zero-order valence-corrected chi connectivity index (χ0v) is 18.1. The summed E-state index contributed by atoms with van der Waals surface area (Å²) in [6.07, 6.45) is 0.529. The molecule has 2 aliphatic heterocycles. The van der Waals surface area contributed by atoms with Gasteiger partial charge in [-0.25, -0.2) is 0 Å². The molecule has 31 heavy (non-hydrogen) atoms. The van der Waals surface area contributed by atoms with Crippen LogP contribution in [-0.4, -0.2) is 48.3 Å². The molecule has 0 saturated carbocycles. The van der Waals surface area contributed by atoms with Crippen molar-refractivity contribution in [1.82, 2.24) is 4.90 Å². The van der Waals surface area contributed by atoms with Crippen LogP contribution in [0.15, 0.2) is 65.2 Å².